The molecule has 0 bridgehead atoms. The highest BCUT2D eigenvalue weighted by atomic mass is 16.5. The molecular weight excluding hydrogens is 290 g/mol. The molecule has 1 aliphatic carbocycles. The molecule has 5 heteroatoms. The molecule has 2 aromatic rings. The minimum Gasteiger partial charge on any atom is -0.497 e. The molecular formula is C18H25N3O2. The second-order valence-electron chi connectivity index (χ2n) is 6.18. The summed E-state index contributed by atoms with van der Waals surface area (Å²) >= 11 is 0. The Morgan fingerprint density at radius 3 is 2.57 bits per heavy atom. The van der Waals surface area contributed by atoms with Crippen LogP contribution in [0.5, 0.6) is 11.5 Å². The predicted molar refractivity (Wildman–Crippen MR) is 90.8 cm³/mol. The molecule has 124 valence electrons. The fourth-order valence-corrected chi connectivity index (χ4v) is 3.50. The van der Waals surface area contributed by atoms with Crippen molar-refractivity contribution in [3.05, 3.63) is 30.6 Å². The minimum absolute atomic E-state index is 0.465. The number of methoxy groups -OCH3 is 2. The van der Waals surface area contributed by atoms with Gasteiger partial charge in [-0.3, -0.25) is 0 Å². The van der Waals surface area contributed by atoms with E-state index >= 15 is 0 Å². The number of nitrogens with two attached hydrogens (primary N) is 1. The Hall–Kier alpha value is -2.01. The highest BCUT2D eigenvalue weighted by Crippen LogP contribution is 2.36. The molecule has 1 saturated carbocycles. The second-order valence-corrected chi connectivity index (χ2v) is 6.18. The van der Waals surface area contributed by atoms with Crippen molar-refractivity contribution in [3.63, 3.8) is 0 Å². The smallest absolute Gasteiger partial charge is 0.140 e. The van der Waals surface area contributed by atoms with Crippen LogP contribution in [0, 0.1) is 5.92 Å². The molecule has 1 fully saturated rings. The summed E-state index contributed by atoms with van der Waals surface area (Å²) in [5.41, 5.74) is 6.90. The van der Waals surface area contributed by atoms with Gasteiger partial charge in [0.15, 0.2) is 0 Å². The molecule has 1 aromatic carbocycles. The number of ether oxygens (including phenoxy) is 2. The van der Waals surface area contributed by atoms with E-state index in [1.165, 1.54) is 19.3 Å². The monoisotopic (exact) mass is 315 g/mol. The van der Waals surface area contributed by atoms with E-state index in [4.69, 9.17) is 15.2 Å². The Balaban J connectivity index is 1.94. The van der Waals surface area contributed by atoms with E-state index in [0.717, 1.165) is 35.9 Å². The van der Waals surface area contributed by atoms with Crippen LogP contribution in [-0.2, 0) is 0 Å². The van der Waals surface area contributed by atoms with E-state index in [-0.39, 0.29) is 0 Å². The Morgan fingerprint density at radius 1 is 1.17 bits per heavy atom. The first kappa shape index (κ1) is 15.9. The van der Waals surface area contributed by atoms with Crippen LogP contribution in [0.4, 0.5) is 0 Å². The molecule has 0 saturated heterocycles. The summed E-state index contributed by atoms with van der Waals surface area (Å²) in [7, 11) is 3.33. The summed E-state index contributed by atoms with van der Waals surface area (Å²) in [6.45, 7) is 0.771. The zero-order valence-electron chi connectivity index (χ0n) is 13.9. The van der Waals surface area contributed by atoms with Crippen LogP contribution < -0.4 is 15.2 Å². The zero-order chi connectivity index (χ0) is 16.2. The van der Waals surface area contributed by atoms with E-state index in [2.05, 4.69) is 15.7 Å². The average molecular weight is 315 g/mol. The van der Waals surface area contributed by atoms with E-state index in [1.54, 1.807) is 14.2 Å². The van der Waals surface area contributed by atoms with Crippen LogP contribution in [0.25, 0.3) is 11.4 Å². The topological polar surface area (TPSA) is 62.3 Å². The van der Waals surface area contributed by atoms with Crippen molar-refractivity contribution in [1.82, 2.24) is 9.55 Å². The van der Waals surface area contributed by atoms with Crippen LogP contribution >= 0.6 is 0 Å². The summed E-state index contributed by atoms with van der Waals surface area (Å²) in [5, 5.41) is 0. The predicted octanol–water partition coefficient (Wildman–Crippen LogP) is 3.26. The fraction of sp³-hybridized carbons (Fsp3) is 0.500. The van der Waals surface area contributed by atoms with Gasteiger partial charge < -0.3 is 19.8 Å². The average Bonchev–Trinajstić information content (AvgIpc) is 3.11. The van der Waals surface area contributed by atoms with Gasteiger partial charge in [0, 0.05) is 30.1 Å². The SMILES string of the molecule is COc1cc(OC)cc(-c2nccn2[C@@H]2CCC[C@H](CN)C2)c1. The molecule has 0 radical (unpaired) electrons. The first-order valence-corrected chi connectivity index (χ1v) is 8.21. The summed E-state index contributed by atoms with van der Waals surface area (Å²) in [5.74, 6) is 3.13. The maximum Gasteiger partial charge on any atom is 0.140 e. The fourth-order valence-electron chi connectivity index (χ4n) is 3.50. The maximum atomic E-state index is 5.89. The van der Waals surface area contributed by atoms with Gasteiger partial charge in [-0.05, 0) is 43.9 Å². The van der Waals surface area contributed by atoms with Crippen molar-refractivity contribution in [2.24, 2.45) is 11.7 Å². The van der Waals surface area contributed by atoms with Crippen molar-refractivity contribution in [2.45, 2.75) is 31.7 Å². The lowest BCUT2D eigenvalue weighted by atomic mass is 9.85. The molecule has 3 rings (SSSR count). The number of aromatic nitrogens is 2. The highest BCUT2D eigenvalue weighted by molar-refractivity contribution is 5.61. The Kier molecular flexibility index (Phi) is 4.86. The first-order chi connectivity index (χ1) is 11.2. The molecule has 1 aromatic heterocycles. The first-order valence-electron chi connectivity index (χ1n) is 8.21. The van der Waals surface area contributed by atoms with Gasteiger partial charge in [-0.2, -0.15) is 0 Å². The van der Waals surface area contributed by atoms with Gasteiger partial charge in [-0.1, -0.05) is 6.42 Å². The van der Waals surface area contributed by atoms with E-state index < -0.39 is 0 Å². The third-order valence-corrected chi connectivity index (χ3v) is 4.76. The molecule has 1 aliphatic rings. The third kappa shape index (κ3) is 3.34. The summed E-state index contributed by atoms with van der Waals surface area (Å²) in [4.78, 5) is 4.58. The molecule has 0 aliphatic heterocycles. The Bertz CT molecular complexity index is 631. The van der Waals surface area contributed by atoms with E-state index in [1.807, 2.05) is 24.4 Å². The highest BCUT2D eigenvalue weighted by Gasteiger charge is 2.24. The minimum atomic E-state index is 0.465. The number of rotatable bonds is 5. The Labute approximate surface area is 137 Å². The van der Waals surface area contributed by atoms with Gasteiger partial charge in [-0.15, -0.1) is 0 Å². The number of imidazole rings is 1. The lowest BCUT2D eigenvalue weighted by molar-refractivity contribution is 0.273. The molecule has 1 heterocycles. The maximum absolute atomic E-state index is 5.89. The van der Waals surface area contributed by atoms with E-state index in [9.17, 15) is 0 Å². The van der Waals surface area contributed by atoms with Crippen LogP contribution in [0.2, 0.25) is 0 Å². The molecule has 0 amide bonds. The van der Waals surface area contributed by atoms with Gasteiger partial charge in [0.2, 0.25) is 0 Å². The van der Waals surface area contributed by atoms with Crippen LogP contribution in [0.1, 0.15) is 31.7 Å². The standard InChI is InChI=1S/C18H25N3O2/c1-22-16-9-14(10-17(11-16)23-2)18-20-6-7-21(18)15-5-3-4-13(8-15)12-19/h6-7,9-11,13,15H,3-5,8,12,19H2,1-2H3/t13-,15+/m0/s1. The number of hydrogen-bond donors (Lipinski definition) is 1. The summed E-state index contributed by atoms with van der Waals surface area (Å²) < 4.78 is 13.1. The number of nitrogens with zero attached hydrogens (tertiary/aromatic N) is 2. The van der Waals surface area contributed by atoms with Crippen molar-refractivity contribution in [3.8, 4) is 22.9 Å². The largest absolute Gasteiger partial charge is 0.497 e. The zero-order valence-corrected chi connectivity index (χ0v) is 13.9. The lowest BCUT2D eigenvalue weighted by Crippen LogP contribution is -2.24. The molecule has 0 spiro atoms. The van der Waals surface area contributed by atoms with Gasteiger partial charge in [0.1, 0.15) is 17.3 Å². The number of benzene rings is 1. The van der Waals surface area contributed by atoms with Crippen molar-refractivity contribution >= 4 is 0 Å². The van der Waals surface area contributed by atoms with Crippen molar-refractivity contribution in [1.29, 1.82) is 0 Å². The van der Waals surface area contributed by atoms with Crippen molar-refractivity contribution < 1.29 is 9.47 Å². The lowest BCUT2D eigenvalue weighted by Gasteiger charge is -2.30. The quantitative estimate of drug-likeness (QED) is 0.920. The molecule has 2 atom stereocenters. The molecule has 2 N–H and O–H groups in total. The van der Waals surface area contributed by atoms with Gasteiger partial charge in [-0.25, -0.2) is 4.98 Å². The van der Waals surface area contributed by atoms with Crippen LogP contribution in [0.3, 0.4) is 0 Å². The summed E-state index contributed by atoms with van der Waals surface area (Å²) in [6.07, 6.45) is 8.72. The Morgan fingerprint density at radius 2 is 1.91 bits per heavy atom. The normalized spacial score (nSPS) is 21.2. The van der Waals surface area contributed by atoms with Gasteiger partial charge in [0.25, 0.3) is 0 Å². The van der Waals surface area contributed by atoms with Crippen molar-refractivity contribution in [2.75, 3.05) is 20.8 Å². The molecule has 5 nitrogen and oxygen atoms in total. The third-order valence-electron chi connectivity index (χ3n) is 4.76. The number of hydrogen-bond acceptors (Lipinski definition) is 4. The summed E-state index contributed by atoms with van der Waals surface area (Å²) in [6, 6.07) is 6.35. The van der Waals surface area contributed by atoms with Crippen LogP contribution in [0.15, 0.2) is 30.6 Å². The van der Waals surface area contributed by atoms with Gasteiger partial charge in [0.05, 0.1) is 14.2 Å². The van der Waals surface area contributed by atoms with Crippen LogP contribution in [-0.4, -0.2) is 30.3 Å². The van der Waals surface area contributed by atoms with Gasteiger partial charge >= 0.3 is 0 Å². The van der Waals surface area contributed by atoms with E-state index in [0.29, 0.717) is 12.0 Å². The molecule has 23 heavy (non-hydrogen) atoms. The second kappa shape index (κ2) is 7.04. The molecule has 0 unspecified atom stereocenters.